The Bertz CT molecular complexity index is 177. The second-order valence-corrected chi connectivity index (χ2v) is 2.60. The first-order valence-electron chi connectivity index (χ1n) is 3.71. The van der Waals surface area contributed by atoms with Gasteiger partial charge in [-0.2, -0.15) is 5.32 Å². The smallest absolute Gasteiger partial charge is 0.263 e. The summed E-state index contributed by atoms with van der Waals surface area (Å²) in [5, 5.41) is 3.28. The van der Waals surface area contributed by atoms with Gasteiger partial charge in [0.25, 0.3) is 11.8 Å². The van der Waals surface area contributed by atoms with Gasteiger partial charge in [-0.1, -0.05) is 0 Å². The van der Waals surface area contributed by atoms with Crippen LogP contribution in [0.5, 0.6) is 0 Å². The molecule has 5 nitrogen and oxygen atoms in total. The van der Waals surface area contributed by atoms with Crippen LogP contribution in [0, 0.1) is 0 Å². The second-order valence-electron chi connectivity index (χ2n) is 2.60. The Labute approximate surface area is 70.7 Å². The van der Waals surface area contributed by atoms with E-state index in [2.05, 4.69) is 5.32 Å². The number of hydrogen-bond acceptors (Lipinski definition) is 4. The highest BCUT2D eigenvalue weighted by molar-refractivity contribution is 5.98. The van der Waals surface area contributed by atoms with E-state index < -0.39 is 0 Å². The SMILES string of the molecule is COCCN1CC(=O)[N]C(=O)C1. The number of carbonyl (C=O) groups excluding carboxylic acids is 2. The van der Waals surface area contributed by atoms with Crippen molar-refractivity contribution >= 4 is 11.8 Å². The summed E-state index contributed by atoms with van der Waals surface area (Å²) in [6.45, 7) is 1.59. The Morgan fingerprint density at radius 1 is 1.42 bits per heavy atom. The monoisotopic (exact) mass is 171 g/mol. The molecule has 0 bridgehead atoms. The third-order valence-corrected chi connectivity index (χ3v) is 1.58. The molecule has 0 spiro atoms. The standard InChI is InChI=1S/C7H11N2O3/c1-12-3-2-9-4-6(10)8-7(11)5-9/h2-5H2,1H3. The molecule has 0 N–H and O–H groups in total. The molecule has 0 atom stereocenters. The van der Waals surface area contributed by atoms with Crippen LogP contribution >= 0.6 is 0 Å². The van der Waals surface area contributed by atoms with Crippen LogP contribution in [-0.2, 0) is 14.3 Å². The van der Waals surface area contributed by atoms with E-state index in [4.69, 9.17) is 4.74 Å². The van der Waals surface area contributed by atoms with Gasteiger partial charge in [-0.3, -0.25) is 14.5 Å². The molecule has 0 aromatic carbocycles. The highest BCUT2D eigenvalue weighted by atomic mass is 16.5. The molecular formula is C7H11N2O3. The zero-order valence-corrected chi connectivity index (χ0v) is 6.95. The van der Waals surface area contributed by atoms with Crippen molar-refractivity contribution in [1.29, 1.82) is 0 Å². The number of piperazine rings is 1. The fraction of sp³-hybridized carbons (Fsp3) is 0.714. The summed E-state index contributed by atoms with van der Waals surface area (Å²) in [6, 6.07) is 0. The van der Waals surface area contributed by atoms with Crippen LogP contribution < -0.4 is 5.32 Å². The van der Waals surface area contributed by atoms with Gasteiger partial charge in [0.2, 0.25) is 0 Å². The van der Waals surface area contributed by atoms with Crippen molar-refractivity contribution in [2.45, 2.75) is 0 Å². The highest BCUT2D eigenvalue weighted by Gasteiger charge is 2.23. The average Bonchev–Trinajstić information content (AvgIpc) is 1.99. The Hall–Kier alpha value is -0.940. The molecule has 1 aliphatic rings. The normalized spacial score (nSPS) is 19.4. The first-order chi connectivity index (χ1) is 5.72. The highest BCUT2D eigenvalue weighted by Crippen LogP contribution is 1.94. The van der Waals surface area contributed by atoms with E-state index in [0.717, 1.165) is 0 Å². The van der Waals surface area contributed by atoms with Crippen molar-refractivity contribution in [3.63, 3.8) is 0 Å². The minimum absolute atomic E-state index is 0.231. The van der Waals surface area contributed by atoms with E-state index in [-0.39, 0.29) is 24.9 Å². The molecule has 67 valence electrons. The molecule has 0 aromatic heterocycles. The molecule has 0 unspecified atom stereocenters. The fourth-order valence-electron chi connectivity index (χ4n) is 1.03. The zero-order valence-electron chi connectivity index (χ0n) is 6.95. The summed E-state index contributed by atoms with van der Waals surface area (Å²) in [7, 11) is 1.58. The van der Waals surface area contributed by atoms with Crippen molar-refractivity contribution in [1.82, 2.24) is 10.2 Å². The van der Waals surface area contributed by atoms with Crippen LogP contribution in [0.15, 0.2) is 0 Å². The third-order valence-electron chi connectivity index (χ3n) is 1.58. The number of ether oxygens (including phenoxy) is 1. The van der Waals surface area contributed by atoms with Crippen molar-refractivity contribution in [2.24, 2.45) is 0 Å². The second kappa shape index (κ2) is 4.18. The molecule has 0 aromatic rings. The maximum atomic E-state index is 10.8. The van der Waals surface area contributed by atoms with E-state index in [0.29, 0.717) is 13.2 Å². The molecule has 1 saturated heterocycles. The van der Waals surface area contributed by atoms with Crippen LogP contribution in [0.1, 0.15) is 0 Å². The van der Waals surface area contributed by atoms with Crippen LogP contribution in [-0.4, -0.2) is 50.1 Å². The van der Waals surface area contributed by atoms with E-state index in [1.807, 2.05) is 0 Å². The van der Waals surface area contributed by atoms with Crippen LogP contribution in [0.25, 0.3) is 0 Å². The first kappa shape index (κ1) is 9.15. The van der Waals surface area contributed by atoms with Gasteiger partial charge in [0.15, 0.2) is 0 Å². The maximum absolute atomic E-state index is 10.8. The number of methoxy groups -OCH3 is 1. The number of imide groups is 1. The van der Waals surface area contributed by atoms with Gasteiger partial charge in [0.1, 0.15) is 0 Å². The summed E-state index contributed by atoms with van der Waals surface area (Å²) >= 11 is 0. The number of rotatable bonds is 3. The summed E-state index contributed by atoms with van der Waals surface area (Å²) < 4.78 is 4.82. The lowest BCUT2D eigenvalue weighted by atomic mass is 10.3. The van der Waals surface area contributed by atoms with Crippen LogP contribution in [0.3, 0.4) is 0 Å². The molecule has 1 rings (SSSR count). The summed E-state index contributed by atoms with van der Waals surface area (Å²) in [4.78, 5) is 23.3. The van der Waals surface area contributed by atoms with Gasteiger partial charge in [0, 0.05) is 13.7 Å². The molecule has 1 radical (unpaired) electrons. The van der Waals surface area contributed by atoms with Crippen molar-refractivity contribution in [3.8, 4) is 0 Å². The van der Waals surface area contributed by atoms with Gasteiger partial charge in [-0.05, 0) is 0 Å². The van der Waals surface area contributed by atoms with Gasteiger partial charge >= 0.3 is 0 Å². The lowest BCUT2D eigenvalue weighted by molar-refractivity contribution is -0.136. The Kier molecular flexibility index (Phi) is 3.19. The predicted octanol–water partition coefficient (Wildman–Crippen LogP) is -1.39. The minimum atomic E-state index is -0.359. The van der Waals surface area contributed by atoms with E-state index in [9.17, 15) is 9.59 Å². The zero-order chi connectivity index (χ0) is 8.97. The molecule has 2 amide bonds. The molecule has 1 aliphatic heterocycles. The summed E-state index contributed by atoms with van der Waals surface area (Å²) in [5.74, 6) is -0.718. The van der Waals surface area contributed by atoms with Crippen LogP contribution in [0.2, 0.25) is 0 Å². The summed E-state index contributed by atoms with van der Waals surface area (Å²) in [5.41, 5.74) is 0. The van der Waals surface area contributed by atoms with E-state index in [1.165, 1.54) is 0 Å². The first-order valence-corrected chi connectivity index (χ1v) is 3.71. The molecule has 0 saturated carbocycles. The van der Waals surface area contributed by atoms with Gasteiger partial charge < -0.3 is 4.74 Å². The molecular weight excluding hydrogens is 160 g/mol. The largest absolute Gasteiger partial charge is 0.383 e. The van der Waals surface area contributed by atoms with Crippen molar-refractivity contribution in [2.75, 3.05) is 33.4 Å². The number of amides is 2. The van der Waals surface area contributed by atoms with Crippen LogP contribution in [0.4, 0.5) is 0 Å². The lowest BCUT2D eigenvalue weighted by Crippen LogP contribution is -2.48. The third kappa shape index (κ3) is 2.60. The number of nitrogens with zero attached hydrogens (tertiary/aromatic N) is 2. The average molecular weight is 171 g/mol. The number of carbonyl (C=O) groups is 2. The summed E-state index contributed by atoms with van der Waals surface area (Å²) in [6.07, 6.45) is 0. The maximum Gasteiger partial charge on any atom is 0.263 e. The quantitative estimate of drug-likeness (QED) is 0.490. The molecule has 12 heavy (non-hydrogen) atoms. The number of hydrogen-bond donors (Lipinski definition) is 0. The van der Waals surface area contributed by atoms with Gasteiger partial charge in [-0.25, -0.2) is 0 Å². The van der Waals surface area contributed by atoms with E-state index >= 15 is 0 Å². The minimum Gasteiger partial charge on any atom is -0.383 e. The van der Waals surface area contributed by atoms with Gasteiger partial charge in [-0.15, -0.1) is 0 Å². The predicted molar refractivity (Wildman–Crippen MR) is 40.5 cm³/mol. The van der Waals surface area contributed by atoms with E-state index in [1.54, 1.807) is 12.0 Å². The van der Waals surface area contributed by atoms with Crippen molar-refractivity contribution < 1.29 is 14.3 Å². The van der Waals surface area contributed by atoms with Crippen molar-refractivity contribution in [3.05, 3.63) is 0 Å². The Morgan fingerprint density at radius 3 is 2.50 bits per heavy atom. The topological polar surface area (TPSA) is 60.7 Å². The fourth-order valence-corrected chi connectivity index (χ4v) is 1.03. The molecule has 5 heteroatoms. The lowest BCUT2D eigenvalue weighted by Gasteiger charge is -2.22. The Morgan fingerprint density at radius 2 is 2.00 bits per heavy atom. The molecule has 1 fully saturated rings. The van der Waals surface area contributed by atoms with Gasteiger partial charge in [0.05, 0.1) is 19.7 Å². The molecule has 1 heterocycles. The Balaban J connectivity index is 2.34. The molecule has 0 aliphatic carbocycles.